The second-order valence-electron chi connectivity index (χ2n) is 6.07. The molecule has 3 rings (SSSR count). The molecule has 0 bridgehead atoms. The number of nitrogens with zero attached hydrogens (tertiary/aromatic N) is 1. The zero-order valence-electron chi connectivity index (χ0n) is 12.7. The molecule has 1 aliphatic rings. The van der Waals surface area contributed by atoms with E-state index >= 15 is 0 Å². The lowest BCUT2D eigenvalue weighted by Crippen LogP contribution is -2.33. The molecule has 2 aromatic rings. The van der Waals surface area contributed by atoms with Crippen molar-refractivity contribution in [2.24, 2.45) is 0 Å². The van der Waals surface area contributed by atoms with Crippen molar-refractivity contribution in [2.75, 3.05) is 13.6 Å². The molecule has 1 aliphatic heterocycles. The summed E-state index contributed by atoms with van der Waals surface area (Å²) < 4.78 is 0. The molecule has 0 N–H and O–H groups in total. The molecule has 1 nitrogen and oxygen atoms in total. The minimum Gasteiger partial charge on any atom is -0.299 e. The molecular weight excluding hydrogens is 242 g/mol. The predicted octanol–water partition coefficient (Wildman–Crippen LogP) is 4.08. The molecule has 0 aromatic heterocycles. The molecule has 0 saturated heterocycles. The van der Waals surface area contributed by atoms with Crippen LogP contribution < -0.4 is 0 Å². The normalized spacial score (nSPS) is 18.9. The molecule has 2 aromatic carbocycles. The van der Waals surface area contributed by atoms with Crippen LogP contribution in [0.2, 0.25) is 0 Å². The maximum absolute atomic E-state index is 2.50. The zero-order valence-corrected chi connectivity index (χ0v) is 12.7. The van der Waals surface area contributed by atoms with Gasteiger partial charge in [-0.1, -0.05) is 42.5 Å². The highest BCUT2D eigenvalue weighted by atomic mass is 15.1. The fourth-order valence-corrected chi connectivity index (χ4v) is 3.22. The van der Waals surface area contributed by atoms with Gasteiger partial charge in [0.2, 0.25) is 0 Å². The summed E-state index contributed by atoms with van der Waals surface area (Å²) in [5.41, 5.74) is 7.34. The van der Waals surface area contributed by atoms with Crippen LogP contribution in [0, 0.1) is 13.8 Å². The molecule has 0 fully saturated rings. The van der Waals surface area contributed by atoms with Crippen molar-refractivity contribution < 1.29 is 0 Å². The minimum absolute atomic E-state index is 0.514. The number of fused-ring (bicyclic) bond motifs is 1. The van der Waals surface area contributed by atoms with E-state index in [0.29, 0.717) is 6.04 Å². The molecular formula is C19H23N. The first-order valence-electron chi connectivity index (χ1n) is 7.49. The number of rotatable bonds is 2. The van der Waals surface area contributed by atoms with Crippen LogP contribution in [0.25, 0.3) is 0 Å². The van der Waals surface area contributed by atoms with E-state index in [0.717, 1.165) is 13.0 Å². The molecule has 0 amide bonds. The van der Waals surface area contributed by atoms with E-state index in [2.05, 4.69) is 68.3 Å². The Kier molecular flexibility index (Phi) is 3.62. The SMILES string of the molecule is Cc1cc2c(cc1C)C(Cc1ccccc1)N(C)CC2. The van der Waals surface area contributed by atoms with E-state index in [1.165, 1.54) is 28.7 Å². The van der Waals surface area contributed by atoms with Crippen LogP contribution >= 0.6 is 0 Å². The van der Waals surface area contributed by atoms with E-state index in [9.17, 15) is 0 Å². The van der Waals surface area contributed by atoms with Gasteiger partial charge in [0.15, 0.2) is 0 Å². The number of hydrogen-bond acceptors (Lipinski definition) is 1. The van der Waals surface area contributed by atoms with Gasteiger partial charge in [0.25, 0.3) is 0 Å². The summed E-state index contributed by atoms with van der Waals surface area (Å²) in [6.07, 6.45) is 2.28. The molecule has 0 spiro atoms. The topological polar surface area (TPSA) is 3.24 Å². The van der Waals surface area contributed by atoms with Crippen molar-refractivity contribution in [3.63, 3.8) is 0 Å². The second-order valence-corrected chi connectivity index (χ2v) is 6.07. The third-order valence-electron chi connectivity index (χ3n) is 4.65. The number of aryl methyl sites for hydroxylation is 2. The molecule has 1 heteroatoms. The fraction of sp³-hybridized carbons (Fsp3) is 0.368. The van der Waals surface area contributed by atoms with E-state index in [1.54, 1.807) is 5.56 Å². The molecule has 1 heterocycles. The van der Waals surface area contributed by atoms with Gasteiger partial charge in [0.1, 0.15) is 0 Å². The van der Waals surface area contributed by atoms with Gasteiger partial charge < -0.3 is 0 Å². The van der Waals surface area contributed by atoms with Crippen molar-refractivity contribution >= 4 is 0 Å². The Morgan fingerprint density at radius 2 is 1.75 bits per heavy atom. The summed E-state index contributed by atoms with van der Waals surface area (Å²) in [6, 6.07) is 16.2. The van der Waals surface area contributed by atoms with Crippen LogP contribution in [0.1, 0.15) is 33.9 Å². The largest absolute Gasteiger partial charge is 0.299 e. The van der Waals surface area contributed by atoms with Crippen molar-refractivity contribution in [2.45, 2.75) is 32.7 Å². The van der Waals surface area contributed by atoms with Gasteiger partial charge in [-0.3, -0.25) is 4.90 Å². The highest BCUT2D eigenvalue weighted by Gasteiger charge is 2.25. The van der Waals surface area contributed by atoms with E-state index < -0.39 is 0 Å². The van der Waals surface area contributed by atoms with Gasteiger partial charge in [0, 0.05) is 12.6 Å². The number of benzene rings is 2. The molecule has 104 valence electrons. The second kappa shape index (κ2) is 5.41. The Morgan fingerprint density at radius 3 is 2.50 bits per heavy atom. The van der Waals surface area contributed by atoms with E-state index in [1.807, 2.05) is 0 Å². The third kappa shape index (κ3) is 2.51. The number of likely N-dealkylation sites (N-methyl/N-ethyl adjacent to an activating group) is 1. The molecule has 0 saturated carbocycles. The van der Waals surface area contributed by atoms with Crippen molar-refractivity contribution in [1.29, 1.82) is 0 Å². The predicted molar refractivity (Wildman–Crippen MR) is 85.1 cm³/mol. The Labute approximate surface area is 122 Å². The monoisotopic (exact) mass is 265 g/mol. The van der Waals surface area contributed by atoms with E-state index in [4.69, 9.17) is 0 Å². The van der Waals surface area contributed by atoms with Gasteiger partial charge in [-0.25, -0.2) is 0 Å². The number of hydrogen-bond donors (Lipinski definition) is 0. The van der Waals surface area contributed by atoms with Gasteiger partial charge in [-0.15, -0.1) is 0 Å². The first-order chi connectivity index (χ1) is 9.65. The lowest BCUT2D eigenvalue weighted by atomic mass is 9.86. The minimum atomic E-state index is 0.514. The summed E-state index contributed by atoms with van der Waals surface area (Å²) in [4.78, 5) is 2.50. The first-order valence-corrected chi connectivity index (χ1v) is 7.49. The Bertz CT molecular complexity index is 601. The summed E-state index contributed by atoms with van der Waals surface area (Å²) in [7, 11) is 2.26. The molecule has 0 aliphatic carbocycles. The van der Waals surface area contributed by atoms with Gasteiger partial charge in [-0.05, 0) is 61.6 Å². The third-order valence-corrected chi connectivity index (χ3v) is 4.65. The molecule has 1 unspecified atom stereocenters. The molecule has 20 heavy (non-hydrogen) atoms. The summed E-state index contributed by atoms with van der Waals surface area (Å²) in [5, 5.41) is 0. The average Bonchev–Trinajstić information content (AvgIpc) is 2.45. The first kappa shape index (κ1) is 13.4. The van der Waals surface area contributed by atoms with Crippen LogP contribution in [0.3, 0.4) is 0 Å². The zero-order chi connectivity index (χ0) is 14.1. The van der Waals surface area contributed by atoms with Gasteiger partial charge in [0.05, 0.1) is 0 Å². The Morgan fingerprint density at radius 1 is 1.05 bits per heavy atom. The lowest BCUT2D eigenvalue weighted by molar-refractivity contribution is 0.229. The molecule has 1 atom stereocenters. The van der Waals surface area contributed by atoms with E-state index in [-0.39, 0.29) is 0 Å². The fourth-order valence-electron chi connectivity index (χ4n) is 3.22. The smallest absolute Gasteiger partial charge is 0.0388 e. The summed E-state index contributed by atoms with van der Waals surface area (Å²) in [5.74, 6) is 0. The lowest BCUT2D eigenvalue weighted by Gasteiger charge is -2.35. The van der Waals surface area contributed by atoms with Crippen LogP contribution in [-0.4, -0.2) is 18.5 Å². The van der Waals surface area contributed by atoms with Crippen molar-refractivity contribution in [3.8, 4) is 0 Å². The summed E-state index contributed by atoms with van der Waals surface area (Å²) in [6.45, 7) is 5.61. The van der Waals surface area contributed by atoms with Crippen molar-refractivity contribution in [1.82, 2.24) is 4.90 Å². The quantitative estimate of drug-likeness (QED) is 0.791. The van der Waals surface area contributed by atoms with Crippen LogP contribution in [0.15, 0.2) is 42.5 Å². The van der Waals surface area contributed by atoms with Crippen molar-refractivity contribution in [3.05, 3.63) is 70.3 Å². The van der Waals surface area contributed by atoms with Crippen LogP contribution in [0.5, 0.6) is 0 Å². The summed E-state index contributed by atoms with van der Waals surface area (Å²) >= 11 is 0. The van der Waals surface area contributed by atoms with Crippen LogP contribution in [0.4, 0.5) is 0 Å². The maximum atomic E-state index is 2.50. The Balaban J connectivity index is 1.97. The standard InChI is InChI=1S/C19H23N/c1-14-11-17-9-10-20(3)19(18(17)12-15(14)2)13-16-7-5-4-6-8-16/h4-8,11-12,19H,9-10,13H2,1-3H3. The average molecular weight is 265 g/mol. The van der Waals surface area contributed by atoms with Crippen LogP contribution in [-0.2, 0) is 12.8 Å². The van der Waals surface area contributed by atoms with Gasteiger partial charge >= 0.3 is 0 Å². The van der Waals surface area contributed by atoms with Gasteiger partial charge in [-0.2, -0.15) is 0 Å². The Hall–Kier alpha value is -1.60. The molecule has 0 radical (unpaired) electrons. The maximum Gasteiger partial charge on any atom is 0.0388 e. The highest BCUT2D eigenvalue weighted by Crippen LogP contribution is 2.33. The highest BCUT2D eigenvalue weighted by molar-refractivity contribution is 5.41.